The predicted molar refractivity (Wildman–Crippen MR) is 85.5 cm³/mol. The Morgan fingerprint density at radius 3 is 3.00 bits per heavy atom. The molecule has 1 heterocycles. The lowest BCUT2D eigenvalue weighted by molar-refractivity contribution is 0.0957. The Kier molecular flexibility index (Phi) is 5.89. The number of rotatable bonds is 5. The molecular formula is C15H22BrNOS. The lowest BCUT2D eigenvalue weighted by atomic mass is 10.1. The largest absolute Gasteiger partial charge is 0.350 e. The number of carbonyl (C=O) groups is 1. The monoisotopic (exact) mass is 343 g/mol. The number of nitrogens with one attached hydrogen (secondary N) is 1. The van der Waals surface area contributed by atoms with Crippen molar-refractivity contribution in [1.29, 1.82) is 0 Å². The molecule has 0 bridgehead atoms. The van der Waals surface area contributed by atoms with Crippen molar-refractivity contribution in [2.24, 2.45) is 0 Å². The summed E-state index contributed by atoms with van der Waals surface area (Å²) in [6.07, 6.45) is 8.41. The highest BCUT2D eigenvalue weighted by molar-refractivity contribution is 9.09. The standard InChI is InChI=1S/C15H22BrNOS/c1-2-6-12(16)10-17-15(18)14-9-11-7-4-3-5-8-13(11)19-14/h9,12H,2-8,10H2,1H3,(H,17,18). The summed E-state index contributed by atoms with van der Waals surface area (Å²) >= 11 is 5.29. The molecule has 0 radical (unpaired) electrons. The second-order valence-corrected chi connectivity index (χ2v) is 7.65. The van der Waals surface area contributed by atoms with E-state index >= 15 is 0 Å². The average Bonchev–Trinajstić information content (AvgIpc) is 2.68. The van der Waals surface area contributed by atoms with Crippen molar-refractivity contribution in [3.8, 4) is 0 Å². The summed E-state index contributed by atoms with van der Waals surface area (Å²) in [5.41, 5.74) is 1.41. The molecule has 1 atom stereocenters. The van der Waals surface area contributed by atoms with Crippen molar-refractivity contribution in [1.82, 2.24) is 5.32 Å². The average molecular weight is 344 g/mol. The number of thiophene rings is 1. The maximum absolute atomic E-state index is 12.1. The van der Waals surface area contributed by atoms with Gasteiger partial charge in [-0.3, -0.25) is 4.79 Å². The van der Waals surface area contributed by atoms with Gasteiger partial charge in [0.2, 0.25) is 0 Å². The molecule has 106 valence electrons. The van der Waals surface area contributed by atoms with Gasteiger partial charge in [-0.2, -0.15) is 0 Å². The SMILES string of the molecule is CCCC(Br)CNC(=O)c1cc2c(s1)CCCCC2. The Bertz CT molecular complexity index is 406. The van der Waals surface area contributed by atoms with E-state index in [1.165, 1.54) is 29.7 Å². The number of fused-ring (bicyclic) bond motifs is 1. The summed E-state index contributed by atoms with van der Waals surface area (Å²) in [6, 6.07) is 2.11. The highest BCUT2D eigenvalue weighted by Crippen LogP contribution is 2.28. The van der Waals surface area contributed by atoms with Crippen LogP contribution in [0.15, 0.2) is 6.07 Å². The number of aryl methyl sites for hydroxylation is 2. The van der Waals surface area contributed by atoms with Gasteiger partial charge in [0.1, 0.15) is 0 Å². The van der Waals surface area contributed by atoms with Gasteiger partial charge in [0.05, 0.1) is 4.88 Å². The summed E-state index contributed by atoms with van der Waals surface area (Å²) in [4.78, 5) is 14.9. The molecule has 0 spiro atoms. The van der Waals surface area contributed by atoms with Crippen LogP contribution < -0.4 is 5.32 Å². The smallest absolute Gasteiger partial charge is 0.261 e. The van der Waals surface area contributed by atoms with Gasteiger partial charge in [-0.1, -0.05) is 35.7 Å². The molecule has 1 aliphatic rings. The Morgan fingerprint density at radius 1 is 1.42 bits per heavy atom. The first kappa shape index (κ1) is 15.0. The van der Waals surface area contributed by atoms with Gasteiger partial charge in [0, 0.05) is 16.2 Å². The Morgan fingerprint density at radius 2 is 2.21 bits per heavy atom. The molecule has 1 aliphatic carbocycles. The van der Waals surface area contributed by atoms with Crippen LogP contribution in [0.25, 0.3) is 0 Å². The normalized spacial score (nSPS) is 16.5. The fraction of sp³-hybridized carbons (Fsp3) is 0.667. The first-order chi connectivity index (χ1) is 9.20. The quantitative estimate of drug-likeness (QED) is 0.626. The topological polar surface area (TPSA) is 29.1 Å². The minimum atomic E-state index is 0.0960. The van der Waals surface area contributed by atoms with E-state index < -0.39 is 0 Å². The third-order valence-corrected chi connectivity index (χ3v) is 5.57. The number of carbonyl (C=O) groups excluding carboxylic acids is 1. The van der Waals surface area contributed by atoms with E-state index in [0.717, 1.165) is 37.1 Å². The predicted octanol–water partition coefficient (Wildman–Crippen LogP) is 4.31. The Hall–Kier alpha value is -0.350. The molecule has 1 unspecified atom stereocenters. The molecule has 4 heteroatoms. The van der Waals surface area contributed by atoms with Crippen LogP contribution in [0.3, 0.4) is 0 Å². The molecule has 0 aliphatic heterocycles. The third kappa shape index (κ3) is 4.32. The first-order valence-electron chi connectivity index (χ1n) is 7.24. The molecule has 0 fully saturated rings. The van der Waals surface area contributed by atoms with Gasteiger partial charge < -0.3 is 5.32 Å². The lowest BCUT2D eigenvalue weighted by Gasteiger charge is -2.09. The molecular weight excluding hydrogens is 322 g/mol. The van der Waals surface area contributed by atoms with Crippen molar-refractivity contribution < 1.29 is 4.79 Å². The van der Waals surface area contributed by atoms with Crippen LogP contribution in [-0.2, 0) is 12.8 Å². The van der Waals surface area contributed by atoms with Crippen molar-refractivity contribution in [3.05, 3.63) is 21.4 Å². The summed E-state index contributed by atoms with van der Waals surface area (Å²) in [7, 11) is 0. The van der Waals surface area contributed by atoms with Crippen molar-refractivity contribution in [2.75, 3.05) is 6.54 Å². The van der Waals surface area contributed by atoms with E-state index in [4.69, 9.17) is 0 Å². The molecule has 0 saturated carbocycles. The lowest BCUT2D eigenvalue weighted by Crippen LogP contribution is -2.28. The van der Waals surface area contributed by atoms with E-state index in [2.05, 4.69) is 34.2 Å². The first-order valence-corrected chi connectivity index (χ1v) is 8.97. The molecule has 2 rings (SSSR count). The van der Waals surface area contributed by atoms with Crippen molar-refractivity contribution >= 4 is 33.2 Å². The Balaban J connectivity index is 1.92. The van der Waals surface area contributed by atoms with Gasteiger partial charge in [0.25, 0.3) is 5.91 Å². The van der Waals surface area contributed by atoms with E-state index in [1.807, 2.05) is 0 Å². The molecule has 1 aromatic heterocycles. The highest BCUT2D eigenvalue weighted by Gasteiger charge is 2.16. The van der Waals surface area contributed by atoms with Crippen molar-refractivity contribution in [2.45, 2.75) is 56.7 Å². The van der Waals surface area contributed by atoms with Gasteiger partial charge >= 0.3 is 0 Å². The highest BCUT2D eigenvalue weighted by atomic mass is 79.9. The number of halogens is 1. The maximum atomic E-state index is 12.1. The zero-order valence-electron chi connectivity index (χ0n) is 11.5. The Labute approximate surface area is 128 Å². The fourth-order valence-corrected chi connectivity index (χ4v) is 4.27. The van der Waals surface area contributed by atoms with Crippen LogP contribution in [0.5, 0.6) is 0 Å². The molecule has 2 nitrogen and oxygen atoms in total. The van der Waals surface area contributed by atoms with E-state index in [-0.39, 0.29) is 5.91 Å². The van der Waals surface area contributed by atoms with E-state index in [9.17, 15) is 4.79 Å². The number of hydrogen-bond donors (Lipinski definition) is 1. The van der Waals surface area contributed by atoms with Crippen molar-refractivity contribution in [3.63, 3.8) is 0 Å². The zero-order chi connectivity index (χ0) is 13.7. The minimum absolute atomic E-state index is 0.0960. The molecule has 1 amide bonds. The zero-order valence-corrected chi connectivity index (χ0v) is 13.9. The summed E-state index contributed by atoms with van der Waals surface area (Å²) in [5.74, 6) is 0.0960. The number of amides is 1. The van der Waals surface area contributed by atoms with Crippen LogP contribution in [0.1, 0.15) is 59.1 Å². The third-order valence-electron chi connectivity index (χ3n) is 3.56. The second-order valence-electron chi connectivity index (χ2n) is 5.22. The fourth-order valence-electron chi connectivity index (χ4n) is 2.49. The van der Waals surface area contributed by atoms with Crippen LogP contribution in [-0.4, -0.2) is 17.3 Å². The van der Waals surface area contributed by atoms with Crippen LogP contribution in [0.4, 0.5) is 0 Å². The molecule has 0 saturated heterocycles. The second kappa shape index (κ2) is 7.44. The van der Waals surface area contributed by atoms with Crippen LogP contribution in [0, 0.1) is 0 Å². The van der Waals surface area contributed by atoms with Gasteiger partial charge in [-0.05, 0) is 43.7 Å². The summed E-state index contributed by atoms with van der Waals surface area (Å²) < 4.78 is 0. The maximum Gasteiger partial charge on any atom is 0.261 e. The summed E-state index contributed by atoms with van der Waals surface area (Å²) in [6.45, 7) is 2.88. The molecule has 1 aromatic rings. The molecule has 1 N–H and O–H groups in total. The van der Waals surface area contributed by atoms with Crippen LogP contribution >= 0.6 is 27.3 Å². The minimum Gasteiger partial charge on any atom is -0.350 e. The van der Waals surface area contributed by atoms with E-state index in [0.29, 0.717) is 4.83 Å². The van der Waals surface area contributed by atoms with Crippen LogP contribution in [0.2, 0.25) is 0 Å². The molecule has 19 heavy (non-hydrogen) atoms. The summed E-state index contributed by atoms with van der Waals surface area (Å²) in [5, 5.41) is 3.03. The van der Waals surface area contributed by atoms with E-state index in [1.54, 1.807) is 11.3 Å². The number of alkyl halides is 1. The van der Waals surface area contributed by atoms with Gasteiger partial charge in [-0.15, -0.1) is 11.3 Å². The molecule has 0 aromatic carbocycles. The van der Waals surface area contributed by atoms with Gasteiger partial charge in [0.15, 0.2) is 0 Å². The number of hydrogen-bond acceptors (Lipinski definition) is 2. The van der Waals surface area contributed by atoms with Gasteiger partial charge in [-0.25, -0.2) is 0 Å².